The first kappa shape index (κ1) is 30.8. The number of nitrogens with zero attached hydrogens (tertiary/aromatic N) is 2. The van der Waals surface area contributed by atoms with E-state index in [1.165, 1.54) is 31.2 Å². The fraction of sp³-hybridized carbons (Fsp3) is 0.115. The molecular formula is C26H20Cl2N3NaO6S. The van der Waals surface area contributed by atoms with Gasteiger partial charge in [0.15, 0.2) is 0 Å². The van der Waals surface area contributed by atoms with Crippen LogP contribution in [-0.4, -0.2) is 25.5 Å². The Bertz CT molecular complexity index is 1710. The second-order valence-corrected chi connectivity index (χ2v) is 10.3. The molecule has 196 valence electrons. The van der Waals surface area contributed by atoms with Crippen LogP contribution < -0.4 is 44.7 Å². The predicted molar refractivity (Wildman–Crippen MR) is 144 cm³/mol. The summed E-state index contributed by atoms with van der Waals surface area (Å²) >= 11 is 12.1. The second-order valence-electron chi connectivity index (χ2n) is 8.08. The van der Waals surface area contributed by atoms with Crippen LogP contribution in [0.2, 0.25) is 10.0 Å². The Balaban J connectivity index is 0.00000420. The molecule has 0 aliphatic rings. The summed E-state index contributed by atoms with van der Waals surface area (Å²) in [6.07, 6.45) is 0. The Kier molecular flexibility index (Phi) is 10.0. The zero-order valence-corrected chi connectivity index (χ0v) is 25.4. The topological polar surface area (TPSA) is 140 Å². The number of amides is 1. The molecule has 0 atom stereocenters. The normalized spacial score (nSPS) is 11.4. The van der Waals surface area contributed by atoms with Crippen molar-refractivity contribution in [2.45, 2.75) is 18.7 Å². The van der Waals surface area contributed by atoms with Gasteiger partial charge in [0.2, 0.25) is 0 Å². The van der Waals surface area contributed by atoms with Crippen LogP contribution in [0.1, 0.15) is 22.8 Å². The van der Waals surface area contributed by atoms with Gasteiger partial charge in [-0.3, -0.25) is 9.35 Å². The molecule has 2 N–H and O–H groups in total. The molecule has 39 heavy (non-hydrogen) atoms. The second kappa shape index (κ2) is 12.6. The molecule has 0 fully saturated rings. The number of carbonyl (C=O) groups is 1. The van der Waals surface area contributed by atoms with Crippen molar-refractivity contribution >= 4 is 67.1 Å². The minimum Gasteiger partial charge on any atom is -0.870 e. The molecule has 13 heteroatoms. The first-order valence-corrected chi connectivity index (χ1v) is 13.3. The van der Waals surface area contributed by atoms with E-state index in [2.05, 4.69) is 15.5 Å². The average Bonchev–Trinajstić information content (AvgIpc) is 2.84. The minimum absolute atomic E-state index is 0. The summed E-state index contributed by atoms with van der Waals surface area (Å²) in [5, 5.41) is 25.4. The molecule has 9 nitrogen and oxygen atoms in total. The number of ether oxygens (including phenoxy) is 1. The molecule has 4 aromatic carbocycles. The largest absolute Gasteiger partial charge is 1.00 e. The van der Waals surface area contributed by atoms with Gasteiger partial charge in [-0.25, -0.2) is 0 Å². The van der Waals surface area contributed by atoms with Crippen LogP contribution in [-0.2, 0) is 10.1 Å². The molecule has 0 bridgehead atoms. The molecule has 0 spiro atoms. The Morgan fingerprint density at radius 1 is 1.08 bits per heavy atom. The number of rotatable bonds is 7. The van der Waals surface area contributed by atoms with Crippen molar-refractivity contribution in [3.8, 4) is 11.5 Å². The van der Waals surface area contributed by atoms with E-state index in [0.29, 0.717) is 33.8 Å². The van der Waals surface area contributed by atoms with E-state index in [0.717, 1.165) is 0 Å². The van der Waals surface area contributed by atoms with Crippen LogP contribution in [0.5, 0.6) is 11.5 Å². The van der Waals surface area contributed by atoms with Crippen molar-refractivity contribution in [1.82, 2.24) is 0 Å². The first-order chi connectivity index (χ1) is 18.0. The van der Waals surface area contributed by atoms with Gasteiger partial charge in [0, 0.05) is 32.7 Å². The van der Waals surface area contributed by atoms with E-state index in [9.17, 15) is 22.9 Å². The molecule has 0 radical (unpaired) electrons. The van der Waals surface area contributed by atoms with E-state index < -0.39 is 26.7 Å². The number of hydrogen-bond acceptors (Lipinski definition) is 7. The van der Waals surface area contributed by atoms with Crippen LogP contribution in [0, 0.1) is 6.92 Å². The van der Waals surface area contributed by atoms with Gasteiger partial charge in [-0.05, 0) is 55.1 Å². The molecule has 0 heterocycles. The maximum atomic E-state index is 13.4. The molecular weight excluding hydrogens is 576 g/mol. The van der Waals surface area contributed by atoms with Crippen molar-refractivity contribution in [3.63, 3.8) is 0 Å². The van der Waals surface area contributed by atoms with Crippen LogP contribution in [0.25, 0.3) is 10.8 Å². The fourth-order valence-corrected chi connectivity index (χ4v) is 5.13. The van der Waals surface area contributed by atoms with Gasteiger partial charge in [0.25, 0.3) is 16.0 Å². The summed E-state index contributed by atoms with van der Waals surface area (Å²) in [7, 11) is -4.71. The van der Waals surface area contributed by atoms with Crippen molar-refractivity contribution in [3.05, 3.63) is 81.8 Å². The maximum absolute atomic E-state index is 13.4. The van der Waals surface area contributed by atoms with Crippen molar-refractivity contribution < 1.29 is 57.2 Å². The van der Waals surface area contributed by atoms with Crippen molar-refractivity contribution in [1.29, 1.82) is 0 Å². The van der Waals surface area contributed by atoms with Crippen LogP contribution >= 0.6 is 23.2 Å². The molecule has 0 saturated carbocycles. The maximum Gasteiger partial charge on any atom is 1.00 e. The van der Waals surface area contributed by atoms with E-state index in [1.54, 1.807) is 43.3 Å². The molecule has 0 aliphatic heterocycles. The molecule has 0 aliphatic carbocycles. The molecule has 0 unspecified atom stereocenters. The number of hydrogen-bond donors (Lipinski definition) is 2. The minimum atomic E-state index is -4.71. The Morgan fingerprint density at radius 3 is 2.49 bits per heavy atom. The quantitative estimate of drug-likeness (QED) is 0.189. The van der Waals surface area contributed by atoms with E-state index >= 15 is 0 Å². The summed E-state index contributed by atoms with van der Waals surface area (Å²) in [6.45, 7) is 3.60. The Hall–Kier alpha value is -2.70. The summed E-state index contributed by atoms with van der Waals surface area (Å²) in [5.74, 6) is -1.02. The number of anilines is 1. The van der Waals surface area contributed by atoms with Gasteiger partial charge < -0.3 is 15.2 Å². The zero-order valence-electron chi connectivity index (χ0n) is 21.0. The van der Waals surface area contributed by atoms with Crippen molar-refractivity contribution in [2.24, 2.45) is 10.2 Å². The Labute approximate surface area is 256 Å². The standard InChI is InChI=1S/C26H21Cl2N3O6S.Na/c1-3-37-18-12-16(27)11-17(13-18)29-26(33)20-10-15-6-4-5-7-19(15)23(24(20)32)31-30-22-9-8-21(28)14(2)25(22)38(34,35)36;/h4-13,32H,3H2,1-2H3,(H,29,33)(H,34,35,36);/q;+1/p-1. The summed E-state index contributed by atoms with van der Waals surface area (Å²) in [5.41, 5.74) is -0.258. The smallest absolute Gasteiger partial charge is 0.870 e. The molecule has 4 rings (SSSR count). The summed E-state index contributed by atoms with van der Waals surface area (Å²) in [6, 6.07) is 15.4. The third-order valence-electron chi connectivity index (χ3n) is 5.49. The average molecular weight is 596 g/mol. The van der Waals surface area contributed by atoms with E-state index in [1.807, 2.05) is 0 Å². The first-order valence-electron chi connectivity index (χ1n) is 11.2. The fourth-order valence-electron chi connectivity index (χ4n) is 3.82. The molecule has 0 aromatic heterocycles. The number of carbonyl (C=O) groups excluding carboxylic acids is 1. The third-order valence-corrected chi connectivity index (χ3v) is 7.15. The van der Waals surface area contributed by atoms with Gasteiger partial charge in [0.05, 0.1) is 12.3 Å². The van der Waals surface area contributed by atoms with Crippen LogP contribution in [0.15, 0.2) is 75.8 Å². The van der Waals surface area contributed by atoms with Gasteiger partial charge in [-0.1, -0.05) is 53.2 Å². The monoisotopic (exact) mass is 595 g/mol. The predicted octanol–water partition coefficient (Wildman–Crippen LogP) is 3.85. The summed E-state index contributed by atoms with van der Waals surface area (Å²) < 4.78 is 39.1. The van der Waals surface area contributed by atoms with E-state index in [-0.39, 0.29) is 57.1 Å². The SMILES string of the molecule is CCOc1cc(Cl)cc(NC(=O)c2cc3ccccc3c(N=Nc3ccc(Cl)c(C)c3S(=O)(=O)O)c2[O-])c1.[Na+]. The molecule has 4 aromatic rings. The summed E-state index contributed by atoms with van der Waals surface area (Å²) in [4.78, 5) is 12.6. The van der Waals surface area contributed by atoms with Crippen LogP contribution in [0.3, 0.4) is 0 Å². The van der Waals surface area contributed by atoms with Gasteiger partial charge in [0.1, 0.15) is 16.3 Å². The van der Waals surface area contributed by atoms with E-state index in [4.69, 9.17) is 27.9 Å². The van der Waals surface area contributed by atoms with Gasteiger partial charge in [-0.2, -0.15) is 13.5 Å². The van der Waals surface area contributed by atoms with Gasteiger partial charge >= 0.3 is 29.6 Å². The van der Waals surface area contributed by atoms with Crippen molar-refractivity contribution in [2.75, 3.05) is 11.9 Å². The number of azo groups is 1. The number of fused-ring (bicyclic) bond motifs is 1. The molecule has 1 amide bonds. The zero-order chi connectivity index (χ0) is 27.6. The van der Waals surface area contributed by atoms with Gasteiger partial charge in [-0.15, -0.1) is 5.11 Å². The number of nitrogens with one attached hydrogen (secondary N) is 1. The number of halogens is 2. The third kappa shape index (κ3) is 6.90. The Morgan fingerprint density at radius 2 is 1.79 bits per heavy atom. The van der Waals surface area contributed by atoms with Crippen LogP contribution in [0.4, 0.5) is 17.1 Å². The molecule has 0 saturated heterocycles. The number of benzene rings is 4.